The largest absolute Gasteiger partial charge is 0.484 e. The number of aliphatic imine (C=N–C) groups is 1. The zero-order valence-corrected chi connectivity index (χ0v) is 16.5. The van der Waals surface area contributed by atoms with Gasteiger partial charge < -0.3 is 20.3 Å². The zero-order valence-electron chi connectivity index (χ0n) is 16.5. The maximum Gasteiger partial charge on any atom is 0.258 e. The van der Waals surface area contributed by atoms with E-state index in [0.29, 0.717) is 6.04 Å². The van der Waals surface area contributed by atoms with Gasteiger partial charge in [0.15, 0.2) is 12.6 Å². The summed E-state index contributed by atoms with van der Waals surface area (Å²) < 4.78 is 5.55. The van der Waals surface area contributed by atoms with Crippen LogP contribution in [0, 0.1) is 5.92 Å². The minimum Gasteiger partial charge on any atom is -0.484 e. The van der Waals surface area contributed by atoms with Crippen LogP contribution in [0.3, 0.4) is 0 Å². The summed E-state index contributed by atoms with van der Waals surface area (Å²) in [6.07, 6.45) is 5.66. The molecule has 0 aromatic heterocycles. The van der Waals surface area contributed by atoms with Gasteiger partial charge in [0.25, 0.3) is 5.91 Å². The normalized spacial score (nSPS) is 20.3. The molecule has 1 atom stereocenters. The molecular formula is C21H32N4O2. The molecule has 2 fully saturated rings. The fourth-order valence-corrected chi connectivity index (χ4v) is 3.43. The molecule has 1 aromatic rings. The van der Waals surface area contributed by atoms with Crippen LogP contribution < -0.4 is 15.4 Å². The van der Waals surface area contributed by atoms with E-state index in [1.54, 1.807) is 0 Å². The van der Waals surface area contributed by atoms with Crippen molar-refractivity contribution >= 4 is 11.9 Å². The molecule has 1 heterocycles. The summed E-state index contributed by atoms with van der Waals surface area (Å²) in [5, 5.41) is 6.40. The van der Waals surface area contributed by atoms with Crippen LogP contribution in [0.25, 0.3) is 0 Å². The molecule has 2 aliphatic rings. The van der Waals surface area contributed by atoms with Crippen molar-refractivity contribution in [2.24, 2.45) is 10.9 Å². The third-order valence-corrected chi connectivity index (χ3v) is 5.10. The summed E-state index contributed by atoms with van der Waals surface area (Å²) in [6, 6.07) is 8.35. The van der Waals surface area contributed by atoms with Crippen molar-refractivity contribution in [1.82, 2.24) is 15.5 Å². The number of piperidine rings is 1. The minimum atomic E-state index is -0.0378. The number of hydrogen-bond donors (Lipinski definition) is 2. The third-order valence-electron chi connectivity index (χ3n) is 5.10. The van der Waals surface area contributed by atoms with Crippen LogP contribution in [0.2, 0.25) is 0 Å². The molecule has 1 aromatic carbocycles. The fraction of sp³-hybridized carbons (Fsp3) is 0.619. The first-order chi connectivity index (χ1) is 13.1. The van der Waals surface area contributed by atoms with Gasteiger partial charge in [0, 0.05) is 32.7 Å². The first-order valence-electron chi connectivity index (χ1n) is 10.1. The van der Waals surface area contributed by atoms with E-state index in [1.165, 1.54) is 18.4 Å². The second-order valence-corrected chi connectivity index (χ2v) is 7.69. The molecule has 1 aliphatic heterocycles. The topological polar surface area (TPSA) is 66.0 Å². The Kier molecular flexibility index (Phi) is 6.96. The molecule has 6 heteroatoms. The van der Waals surface area contributed by atoms with Crippen molar-refractivity contribution in [3.05, 3.63) is 29.8 Å². The number of benzene rings is 1. The van der Waals surface area contributed by atoms with E-state index < -0.39 is 0 Å². The average molecular weight is 373 g/mol. The van der Waals surface area contributed by atoms with Crippen molar-refractivity contribution in [3.63, 3.8) is 0 Å². The zero-order chi connectivity index (χ0) is 19.1. The summed E-state index contributed by atoms with van der Waals surface area (Å²) >= 11 is 0. The quantitative estimate of drug-likeness (QED) is 0.569. The second kappa shape index (κ2) is 9.62. The molecule has 0 radical (unpaired) electrons. The van der Waals surface area contributed by atoms with Crippen LogP contribution >= 0.6 is 0 Å². The molecule has 2 N–H and O–H groups in total. The second-order valence-electron chi connectivity index (χ2n) is 7.69. The Hall–Kier alpha value is -2.24. The van der Waals surface area contributed by atoms with Gasteiger partial charge in [-0.3, -0.25) is 9.79 Å². The summed E-state index contributed by atoms with van der Waals surface area (Å²) in [5.41, 5.74) is 1.24. The third kappa shape index (κ3) is 6.45. The highest BCUT2D eigenvalue weighted by atomic mass is 16.5. The maximum atomic E-state index is 11.7. The lowest BCUT2D eigenvalue weighted by molar-refractivity contribution is -0.123. The van der Waals surface area contributed by atoms with E-state index >= 15 is 0 Å². The van der Waals surface area contributed by atoms with E-state index in [1.807, 2.05) is 19.2 Å². The van der Waals surface area contributed by atoms with Gasteiger partial charge >= 0.3 is 0 Å². The summed E-state index contributed by atoms with van der Waals surface area (Å²) in [6.45, 7) is 5.41. The van der Waals surface area contributed by atoms with Crippen molar-refractivity contribution in [1.29, 1.82) is 0 Å². The molecule has 27 heavy (non-hydrogen) atoms. The number of rotatable bonds is 7. The monoisotopic (exact) mass is 372 g/mol. The van der Waals surface area contributed by atoms with Crippen LogP contribution in [-0.2, 0) is 11.2 Å². The molecular weight excluding hydrogens is 340 g/mol. The fourth-order valence-electron chi connectivity index (χ4n) is 3.43. The molecule has 0 bridgehead atoms. The van der Waals surface area contributed by atoms with Gasteiger partial charge in [-0.1, -0.05) is 19.1 Å². The van der Waals surface area contributed by atoms with Crippen LogP contribution in [-0.4, -0.2) is 56.1 Å². The van der Waals surface area contributed by atoms with Crippen LogP contribution in [0.4, 0.5) is 0 Å². The number of nitrogens with one attached hydrogen (secondary N) is 2. The highest BCUT2D eigenvalue weighted by Gasteiger charge is 2.23. The Balaban J connectivity index is 1.38. The van der Waals surface area contributed by atoms with Crippen molar-refractivity contribution in [2.75, 3.05) is 33.3 Å². The molecule has 1 saturated carbocycles. The van der Waals surface area contributed by atoms with E-state index in [0.717, 1.165) is 56.5 Å². The number of ether oxygens (including phenoxy) is 1. The molecule has 1 saturated heterocycles. The van der Waals surface area contributed by atoms with Gasteiger partial charge in [-0.25, -0.2) is 0 Å². The van der Waals surface area contributed by atoms with Gasteiger partial charge in [-0.15, -0.1) is 0 Å². The lowest BCUT2D eigenvalue weighted by Crippen LogP contribution is -2.46. The molecule has 3 rings (SSSR count). The van der Waals surface area contributed by atoms with Gasteiger partial charge in [0.2, 0.25) is 0 Å². The number of nitrogens with zero attached hydrogens (tertiary/aromatic N) is 2. The molecule has 1 unspecified atom stereocenters. The number of carbonyl (C=O) groups is 1. The summed E-state index contributed by atoms with van der Waals surface area (Å²) in [5.74, 6) is 2.43. The highest BCUT2D eigenvalue weighted by Crippen LogP contribution is 2.18. The smallest absolute Gasteiger partial charge is 0.258 e. The van der Waals surface area contributed by atoms with Gasteiger partial charge in [-0.2, -0.15) is 0 Å². The Morgan fingerprint density at radius 1 is 1.26 bits per heavy atom. The van der Waals surface area contributed by atoms with Crippen molar-refractivity contribution < 1.29 is 9.53 Å². The van der Waals surface area contributed by atoms with Crippen LogP contribution in [0.15, 0.2) is 29.3 Å². The Morgan fingerprint density at radius 3 is 2.70 bits per heavy atom. The first kappa shape index (κ1) is 19.5. The van der Waals surface area contributed by atoms with Gasteiger partial charge in [0.05, 0.1) is 0 Å². The summed E-state index contributed by atoms with van der Waals surface area (Å²) in [7, 11) is 1.85. The number of amides is 1. The standard InChI is InChI=1S/C21H32N4O2/c1-16-4-3-13-25(14-16)21(22-2)23-12-11-17-5-9-19(10-6-17)27-15-20(26)24-18-7-8-18/h5-6,9-10,16,18H,3-4,7-8,11-15H2,1-2H3,(H,22,23)(H,24,26). The predicted molar refractivity (Wildman–Crippen MR) is 108 cm³/mol. The molecule has 148 valence electrons. The number of likely N-dealkylation sites (tertiary alicyclic amines) is 1. The number of guanidine groups is 1. The van der Waals surface area contributed by atoms with Gasteiger partial charge in [0.1, 0.15) is 5.75 Å². The Labute approximate surface area is 162 Å². The number of hydrogen-bond acceptors (Lipinski definition) is 3. The average Bonchev–Trinajstić information content (AvgIpc) is 3.48. The van der Waals surface area contributed by atoms with E-state index in [2.05, 4.69) is 39.6 Å². The summed E-state index contributed by atoms with van der Waals surface area (Å²) in [4.78, 5) is 18.4. The minimum absolute atomic E-state index is 0.0378. The molecule has 6 nitrogen and oxygen atoms in total. The first-order valence-corrected chi connectivity index (χ1v) is 10.1. The lowest BCUT2D eigenvalue weighted by atomic mass is 10.0. The molecule has 1 aliphatic carbocycles. The van der Waals surface area contributed by atoms with Crippen molar-refractivity contribution in [2.45, 2.75) is 45.1 Å². The Bertz CT molecular complexity index is 640. The van der Waals surface area contributed by atoms with Gasteiger partial charge in [-0.05, 0) is 55.7 Å². The Morgan fingerprint density at radius 2 is 2.04 bits per heavy atom. The lowest BCUT2D eigenvalue weighted by Gasteiger charge is -2.33. The highest BCUT2D eigenvalue weighted by molar-refractivity contribution is 5.80. The number of carbonyl (C=O) groups excluding carboxylic acids is 1. The predicted octanol–water partition coefficient (Wildman–Crippen LogP) is 2.19. The molecule has 1 amide bonds. The van der Waals surface area contributed by atoms with Crippen molar-refractivity contribution in [3.8, 4) is 5.75 Å². The molecule has 0 spiro atoms. The SMILES string of the molecule is CN=C(NCCc1ccc(OCC(=O)NC2CC2)cc1)N1CCCC(C)C1. The maximum absolute atomic E-state index is 11.7. The van der Waals surface area contributed by atoms with Crippen LogP contribution in [0.5, 0.6) is 5.75 Å². The van der Waals surface area contributed by atoms with E-state index in [4.69, 9.17) is 4.74 Å². The van der Waals surface area contributed by atoms with E-state index in [9.17, 15) is 4.79 Å². The van der Waals surface area contributed by atoms with E-state index in [-0.39, 0.29) is 12.5 Å². The van der Waals surface area contributed by atoms with Crippen LogP contribution in [0.1, 0.15) is 38.2 Å².